The van der Waals surface area contributed by atoms with Crippen molar-refractivity contribution in [2.24, 2.45) is 0 Å². The normalized spacial score (nSPS) is 11.5. The predicted octanol–water partition coefficient (Wildman–Crippen LogP) is 6.91. The van der Waals surface area contributed by atoms with E-state index in [1.54, 1.807) is 48.7 Å². The van der Waals surface area contributed by atoms with E-state index < -0.39 is 16.8 Å². The summed E-state index contributed by atoms with van der Waals surface area (Å²) in [4.78, 5) is 11.4. The van der Waals surface area contributed by atoms with Crippen molar-refractivity contribution in [1.29, 1.82) is 0 Å². The molecular formula is C26H18ClF3N5O3-. The van der Waals surface area contributed by atoms with Crippen LogP contribution in [0, 0.1) is 5.21 Å². The summed E-state index contributed by atoms with van der Waals surface area (Å²) in [6, 6.07) is 16.6. The molecule has 8 nitrogen and oxygen atoms in total. The lowest BCUT2D eigenvalue weighted by Gasteiger charge is -2.32. The molecule has 0 saturated heterocycles. The molecule has 5 rings (SSSR count). The number of aromatic amines is 1. The van der Waals surface area contributed by atoms with E-state index in [2.05, 4.69) is 20.4 Å². The number of H-pyrrole nitrogens is 1. The van der Waals surface area contributed by atoms with Gasteiger partial charge in [-0.15, -0.1) is 0 Å². The third-order valence-corrected chi connectivity index (χ3v) is 5.87. The van der Waals surface area contributed by atoms with Crippen LogP contribution in [0.5, 0.6) is 11.5 Å². The Kier molecular flexibility index (Phi) is 6.81. The molecule has 2 aromatic heterocycles. The number of aliphatic hydroxyl groups excluding tert-OH is 1. The zero-order chi connectivity index (χ0) is 26.9. The fourth-order valence-corrected chi connectivity index (χ4v) is 3.93. The van der Waals surface area contributed by atoms with Gasteiger partial charge in [-0.25, -0.2) is 4.98 Å². The number of alkyl halides is 3. The van der Waals surface area contributed by atoms with Crippen LogP contribution in [0.3, 0.4) is 0 Å². The first-order valence-corrected chi connectivity index (χ1v) is 11.5. The van der Waals surface area contributed by atoms with Crippen molar-refractivity contribution in [3.8, 4) is 23.0 Å². The van der Waals surface area contributed by atoms with Gasteiger partial charge >= 0.3 is 6.18 Å². The fraction of sp³-hybridized carbons (Fsp3) is 0.0769. The fourth-order valence-electron chi connectivity index (χ4n) is 3.71. The minimum absolute atomic E-state index is 0.0648. The molecule has 0 aliphatic carbocycles. The molecule has 0 bridgehead atoms. The number of pyridine rings is 1. The molecule has 0 radical (unpaired) electrons. The van der Waals surface area contributed by atoms with Gasteiger partial charge in [0.1, 0.15) is 17.2 Å². The summed E-state index contributed by atoms with van der Waals surface area (Å²) in [5, 5.41) is 23.3. The van der Waals surface area contributed by atoms with Crippen molar-refractivity contribution in [2.45, 2.75) is 12.8 Å². The number of benzene rings is 3. The predicted molar refractivity (Wildman–Crippen MR) is 138 cm³/mol. The van der Waals surface area contributed by atoms with Gasteiger partial charge in [-0.3, -0.25) is 4.98 Å². The maximum atomic E-state index is 13.1. The molecular weight excluding hydrogens is 523 g/mol. The van der Waals surface area contributed by atoms with Crippen LogP contribution in [0.4, 0.5) is 24.5 Å². The van der Waals surface area contributed by atoms with Gasteiger partial charge in [-0.1, -0.05) is 23.7 Å². The highest BCUT2D eigenvalue weighted by atomic mass is 35.5. The van der Waals surface area contributed by atoms with E-state index in [0.29, 0.717) is 39.3 Å². The minimum atomic E-state index is -4.66. The number of aromatic nitrogens is 3. The number of anilines is 2. The largest absolute Gasteiger partial charge is 0.739 e. The minimum Gasteiger partial charge on any atom is -0.739 e. The zero-order valence-electron chi connectivity index (χ0n) is 19.3. The molecule has 12 heteroatoms. The maximum Gasteiger partial charge on any atom is 0.417 e. The number of hydrazine groups is 1. The Balaban J connectivity index is 1.36. The number of hydrogen-bond acceptors (Lipinski definition) is 7. The van der Waals surface area contributed by atoms with Crippen LogP contribution in [-0.4, -0.2) is 20.1 Å². The van der Waals surface area contributed by atoms with Crippen molar-refractivity contribution < 1.29 is 23.0 Å². The van der Waals surface area contributed by atoms with Crippen LogP contribution in [0.15, 0.2) is 79.1 Å². The Hall–Kier alpha value is -4.32. The first-order valence-electron chi connectivity index (χ1n) is 11.1. The number of fused-ring (bicyclic) bond motifs is 1. The lowest BCUT2D eigenvalue weighted by molar-refractivity contribution is -0.137. The molecule has 0 unspecified atom stereocenters. The number of rotatable bonds is 7. The van der Waals surface area contributed by atoms with Crippen LogP contribution >= 0.6 is 11.6 Å². The van der Waals surface area contributed by atoms with E-state index >= 15 is 0 Å². The van der Waals surface area contributed by atoms with Gasteiger partial charge in [0.2, 0.25) is 0 Å². The summed E-state index contributed by atoms with van der Waals surface area (Å²) in [6.07, 6.45) is -1.58. The third-order valence-electron chi connectivity index (χ3n) is 5.54. The van der Waals surface area contributed by atoms with Crippen molar-refractivity contribution >= 4 is 33.7 Å². The molecule has 194 valence electrons. The number of ether oxygens (including phenoxy) is 1. The standard InChI is InChI=1S/C26H18ClF3N5O3/c27-23-6-3-17(11-22(23)26(28,29)30)34-35(37)19-4-1-15-2-5-20(10-16(15)9-19)38-21-7-8-31-24(12-21)25-32-13-18(14-36)33-25/h1-13,34,36H,14H2,(H,32,33)/q-1. The van der Waals surface area contributed by atoms with E-state index in [1.807, 2.05) is 6.07 Å². The molecule has 5 aromatic rings. The van der Waals surface area contributed by atoms with Crippen LogP contribution in [-0.2, 0) is 12.8 Å². The molecule has 3 aromatic carbocycles. The Bertz CT molecular complexity index is 1610. The molecule has 3 N–H and O–H groups in total. The van der Waals surface area contributed by atoms with Crippen molar-refractivity contribution in [3.63, 3.8) is 0 Å². The zero-order valence-corrected chi connectivity index (χ0v) is 20.1. The highest BCUT2D eigenvalue weighted by Gasteiger charge is 2.33. The lowest BCUT2D eigenvalue weighted by atomic mass is 10.1. The van der Waals surface area contributed by atoms with Gasteiger partial charge in [0, 0.05) is 18.0 Å². The summed E-state index contributed by atoms with van der Waals surface area (Å²) >= 11 is 5.65. The van der Waals surface area contributed by atoms with Crippen molar-refractivity contribution in [2.75, 3.05) is 10.6 Å². The first kappa shape index (κ1) is 25.3. The van der Waals surface area contributed by atoms with E-state index in [9.17, 15) is 23.5 Å². The van der Waals surface area contributed by atoms with Gasteiger partial charge in [-0.2, -0.15) is 13.2 Å². The van der Waals surface area contributed by atoms with Crippen molar-refractivity contribution in [1.82, 2.24) is 15.0 Å². The first-order chi connectivity index (χ1) is 18.2. The number of halogens is 4. The van der Waals surface area contributed by atoms with Gasteiger partial charge in [0.05, 0.1) is 34.8 Å². The number of aliphatic hydroxyl groups is 1. The third kappa shape index (κ3) is 5.49. The van der Waals surface area contributed by atoms with Gasteiger partial charge in [-0.05, 0) is 59.3 Å². The number of hydrogen-bond donors (Lipinski definition) is 3. The average Bonchev–Trinajstić information content (AvgIpc) is 3.38. The number of imidazole rings is 1. The van der Waals surface area contributed by atoms with Crippen LogP contribution in [0.1, 0.15) is 11.3 Å². The van der Waals surface area contributed by atoms with Gasteiger partial charge in [0.15, 0.2) is 5.82 Å². The van der Waals surface area contributed by atoms with Crippen LogP contribution in [0.25, 0.3) is 22.3 Å². The van der Waals surface area contributed by atoms with E-state index in [1.165, 1.54) is 12.3 Å². The van der Waals surface area contributed by atoms with E-state index in [0.717, 1.165) is 17.5 Å². The van der Waals surface area contributed by atoms with Gasteiger partial charge in [0.25, 0.3) is 0 Å². The molecule has 2 heterocycles. The summed E-state index contributed by atoms with van der Waals surface area (Å²) < 4.78 is 45.4. The Morgan fingerprint density at radius 2 is 1.76 bits per heavy atom. The molecule has 0 aliphatic heterocycles. The van der Waals surface area contributed by atoms with Crippen LogP contribution < -0.4 is 15.3 Å². The highest BCUT2D eigenvalue weighted by Crippen LogP contribution is 2.36. The van der Waals surface area contributed by atoms with Crippen molar-refractivity contribution in [3.05, 3.63) is 101 Å². The topological polar surface area (TPSA) is 109 Å². The summed E-state index contributed by atoms with van der Waals surface area (Å²) in [7, 11) is 0. The quantitative estimate of drug-likeness (QED) is 0.192. The molecule has 38 heavy (non-hydrogen) atoms. The smallest absolute Gasteiger partial charge is 0.417 e. The van der Waals surface area contributed by atoms with Crippen LogP contribution in [0.2, 0.25) is 5.02 Å². The average molecular weight is 541 g/mol. The molecule has 0 atom stereocenters. The summed E-state index contributed by atoms with van der Waals surface area (Å²) in [6.45, 7) is -0.174. The second-order valence-electron chi connectivity index (χ2n) is 8.19. The number of nitrogens with zero attached hydrogens (tertiary/aromatic N) is 3. The molecule has 0 fully saturated rings. The summed E-state index contributed by atoms with van der Waals surface area (Å²) in [5.41, 5.74) is 2.54. The monoisotopic (exact) mass is 540 g/mol. The lowest BCUT2D eigenvalue weighted by Crippen LogP contribution is -2.22. The maximum absolute atomic E-state index is 13.1. The SMILES string of the molecule is [O-]N(Nc1ccc(Cl)c(C(F)(F)F)c1)c1ccc2ccc(Oc3ccnc(-c4ncc(CO)[nH]4)c3)cc2c1. The molecule has 0 spiro atoms. The van der Waals surface area contributed by atoms with Gasteiger partial charge < -0.3 is 30.6 Å². The Labute approximate surface area is 218 Å². The van der Waals surface area contributed by atoms with E-state index in [4.69, 9.17) is 16.3 Å². The Morgan fingerprint density at radius 3 is 2.53 bits per heavy atom. The molecule has 0 aliphatic rings. The Morgan fingerprint density at radius 1 is 0.974 bits per heavy atom. The highest BCUT2D eigenvalue weighted by molar-refractivity contribution is 6.31. The second-order valence-corrected chi connectivity index (χ2v) is 8.59. The second kappa shape index (κ2) is 10.2. The number of nitrogens with one attached hydrogen (secondary N) is 2. The molecule has 0 amide bonds. The molecule has 0 saturated carbocycles. The van der Waals surface area contributed by atoms with E-state index in [-0.39, 0.29) is 18.0 Å². The summed E-state index contributed by atoms with van der Waals surface area (Å²) in [5.74, 6) is 1.46.